The van der Waals surface area contributed by atoms with E-state index < -0.39 is 11.4 Å². The SMILES string of the molecule is C.CC(C)(C)C(=O)C1=CC2=CC=CC3=CC=C4C=CC=C1C4C32.CC(C)(C)C(=O)c1ccc(C(=O)O)c(-c2c3ccc(=O)cc-3oc3cc([O-])ccc23)c1. The first-order valence-electron chi connectivity index (χ1n) is 17.6. The molecule has 2 unspecified atom stereocenters. The summed E-state index contributed by atoms with van der Waals surface area (Å²) in [6.07, 6.45) is 19.4. The molecule has 0 saturated carbocycles. The highest BCUT2D eigenvalue weighted by molar-refractivity contribution is 6.10. The van der Waals surface area contributed by atoms with Crippen molar-refractivity contribution in [1.82, 2.24) is 0 Å². The van der Waals surface area contributed by atoms with Gasteiger partial charge in [-0.15, -0.1) is 5.75 Å². The summed E-state index contributed by atoms with van der Waals surface area (Å²) in [5, 5.41) is 22.3. The molecular weight excluding hydrogens is 677 g/mol. The van der Waals surface area contributed by atoms with Crippen molar-refractivity contribution >= 4 is 28.5 Å². The Kier molecular flexibility index (Phi) is 9.57. The lowest BCUT2D eigenvalue weighted by Crippen LogP contribution is -2.34. The van der Waals surface area contributed by atoms with Gasteiger partial charge in [-0.05, 0) is 64.3 Å². The van der Waals surface area contributed by atoms with Crippen LogP contribution in [0.5, 0.6) is 5.75 Å². The summed E-state index contributed by atoms with van der Waals surface area (Å²) >= 11 is 0. The predicted octanol–water partition coefficient (Wildman–Crippen LogP) is 9.83. The maximum atomic E-state index is 12.9. The van der Waals surface area contributed by atoms with Crippen LogP contribution in [-0.2, 0) is 4.79 Å². The number of carboxylic acid groups (broad SMARTS) is 1. The molecule has 0 aromatic heterocycles. The average molecular weight is 720 g/mol. The molecule has 7 nitrogen and oxygen atoms in total. The molecule has 2 aromatic carbocycles. The molecule has 7 heteroatoms. The van der Waals surface area contributed by atoms with Crippen LogP contribution in [0.4, 0.5) is 0 Å². The van der Waals surface area contributed by atoms with Crippen LogP contribution in [0.25, 0.3) is 33.4 Å². The number of ketones is 2. The van der Waals surface area contributed by atoms with Gasteiger partial charge in [-0.3, -0.25) is 14.4 Å². The van der Waals surface area contributed by atoms with Crippen LogP contribution in [0.3, 0.4) is 0 Å². The zero-order valence-electron chi connectivity index (χ0n) is 30.4. The minimum absolute atomic E-state index is 0. The van der Waals surface area contributed by atoms with Gasteiger partial charge in [-0.1, -0.05) is 116 Å². The second-order valence-corrected chi connectivity index (χ2v) is 15.9. The Morgan fingerprint density at radius 1 is 0.722 bits per heavy atom. The van der Waals surface area contributed by atoms with E-state index >= 15 is 0 Å². The smallest absolute Gasteiger partial charge is 0.336 e. The first-order chi connectivity index (χ1) is 25.0. The van der Waals surface area contributed by atoms with Gasteiger partial charge < -0.3 is 14.6 Å². The van der Waals surface area contributed by atoms with Gasteiger partial charge in [0.2, 0.25) is 0 Å². The lowest BCUT2D eigenvalue weighted by molar-refractivity contribution is -0.268. The van der Waals surface area contributed by atoms with Gasteiger partial charge in [0, 0.05) is 56.4 Å². The zero-order chi connectivity index (χ0) is 38.0. The van der Waals surface area contributed by atoms with E-state index in [2.05, 4.69) is 54.7 Å². The fraction of sp³-hybridized carbons (Fsp3) is 0.234. The molecule has 2 aromatic rings. The van der Waals surface area contributed by atoms with E-state index in [0.717, 1.165) is 5.57 Å². The van der Waals surface area contributed by atoms with E-state index in [0.29, 0.717) is 39.5 Å². The molecule has 1 aliphatic heterocycles. The quantitative estimate of drug-likeness (QED) is 0.164. The monoisotopic (exact) mass is 719 g/mol. The van der Waals surface area contributed by atoms with Crippen LogP contribution in [0, 0.1) is 22.7 Å². The molecule has 0 amide bonds. The van der Waals surface area contributed by atoms with Gasteiger partial charge in [0.25, 0.3) is 0 Å². The molecule has 0 spiro atoms. The molecule has 0 saturated heterocycles. The van der Waals surface area contributed by atoms with Gasteiger partial charge in [0.05, 0.1) is 5.56 Å². The van der Waals surface area contributed by atoms with Crippen LogP contribution in [0.1, 0.15) is 69.7 Å². The molecule has 54 heavy (non-hydrogen) atoms. The number of allylic oxidation sites excluding steroid dienone is 14. The van der Waals surface area contributed by atoms with Crippen molar-refractivity contribution in [3.8, 4) is 28.2 Å². The standard InChI is InChI=1S/C25H20O6.C21H20O.CH4/c1-25(2,3)23(28)13-4-7-16(24(29)30)19(10-13)22-17-8-5-14(26)11-20(17)31-21-12-15(27)6-9-18(21)22;1-21(2,3)20(22)17-12-15-8-4-6-13-10-11-14-7-5-9-16(17)19(14)18(13)15;/h4-12,26H,1-3H3,(H,29,30);4-12,18-19H,1-3H3;1H4/p-1. The molecule has 0 bridgehead atoms. The number of carbonyl (C=O) groups excluding carboxylic acids is 2. The van der Waals surface area contributed by atoms with Crippen LogP contribution in [-0.4, -0.2) is 22.6 Å². The summed E-state index contributed by atoms with van der Waals surface area (Å²) in [5.74, 6) is -0.445. The van der Waals surface area contributed by atoms with E-state index in [4.69, 9.17) is 4.42 Å². The third-order valence-electron chi connectivity index (χ3n) is 10.0. The Balaban J connectivity index is 0.000000190. The Bertz CT molecular complexity index is 2510. The third kappa shape index (κ3) is 6.66. The molecule has 1 N–H and O–H groups in total. The number of rotatable bonds is 4. The molecular formula is C47H43O7-. The highest BCUT2D eigenvalue weighted by Crippen LogP contribution is 2.51. The van der Waals surface area contributed by atoms with Crippen molar-refractivity contribution in [2.45, 2.75) is 49.0 Å². The number of Topliss-reactive ketones (excluding diaryl/α,β-unsaturated/α-hetero) is 2. The first-order valence-corrected chi connectivity index (χ1v) is 17.6. The fourth-order valence-electron chi connectivity index (χ4n) is 7.49. The van der Waals surface area contributed by atoms with E-state index in [1.165, 1.54) is 58.7 Å². The normalized spacial score (nSPS) is 18.1. The molecule has 8 rings (SSSR count). The molecule has 0 fully saturated rings. The summed E-state index contributed by atoms with van der Waals surface area (Å²) in [7, 11) is 0. The lowest BCUT2D eigenvalue weighted by Gasteiger charge is -2.42. The number of carbonyl (C=O) groups is 3. The van der Waals surface area contributed by atoms with Gasteiger partial charge in [0.1, 0.15) is 11.3 Å². The van der Waals surface area contributed by atoms with Gasteiger partial charge in [0.15, 0.2) is 17.0 Å². The minimum Gasteiger partial charge on any atom is -0.872 e. The van der Waals surface area contributed by atoms with Crippen LogP contribution in [0.2, 0.25) is 0 Å². The number of hydrogen-bond donors (Lipinski definition) is 1. The van der Waals surface area contributed by atoms with E-state index in [1.54, 1.807) is 39.0 Å². The Labute approximate surface area is 315 Å². The highest BCUT2D eigenvalue weighted by atomic mass is 16.4. The van der Waals surface area contributed by atoms with Crippen molar-refractivity contribution in [3.05, 3.63) is 158 Å². The molecule has 6 aliphatic rings. The summed E-state index contributed by atoms with van der Waals surface area (Å²) in [6, 6.07) is 12.9. The second kappa shape index (κ2) is 13.7. The molecule has 0 radical (unpaired) electrons. The number of benzene rings is 3. The molecule has 5 aliphatic carbocycles. The second-order valence-electron chi connectivity index (χ2n) is 15.9. The van der Waals surface area contributed by atoms with Gasteiger partial charge in [-0.2, -0.15) is 0 Å². The number of aromatic carboxylic acids is 1. The van der Waals surface area contributed by atoms with Crippen molar-refractivity contribution in [1.29, 1.82) is 0 Å². The molecule has 2 atom stereocenters. The zero-order valence-corrected chi connectivity index (χ0v) is 30.4. The number of carboxylic acids is 1. The number of hydrogen-bond acceptors (Lipinski definition) is 6. The van der Waals surface area contributed by atoms with Crippen LogP contribution in [0.15, 0.2) is 146 Å². The van der Waals surface area contributed by atoms with Crippen molar-refractivity contribution in [3.63, 3.8) is 0 Å². The highest BCUT2D eigenvalue weighted by Gasteiger charge is 2.42. The first kappa shape index (κ1) is 37.7. The van der Waals surface area contributed by atoms with Crippen LogP contribution >= 0.6 is 0 Å². The Morgan fingerprint density at radius 2 is 1.39 bits per heavy atom. The average Bonchev–Trinajstić information content (AvgIpc) is 3.11. The van der Waals surface area contributed by atoms with Crippen LogP contribution < -0.4 is 10.5 Å². The Hall–Kier alpha value is -6.08. The summed E-state index contributed by atoms with van der Waals surface area (Å²) < 4.78 is 5.79. The predicted molar refractivity (Wildman–Crippen MR) is 212 cm³/mol. The fourth-order valence-corrected chi connectivity index (χ4v) is 7.49. The summed E-state index contributed by atoms with van der Waals surface area (Å²) in [6.45, 7) is 11.4. The molecule has 1 heterocycles. The van der Waals surface area contributed by atoms with Gasteiger partial charge >= 0.3 is 5.97 Å². The van der Waals surface area contributed by atoms with E-state index in [9.17, 15) is 29.4 Å². The summed E-state index contributed by atoms with van der Waals surface area (Å²) in [4.78, 5) is 49.8. The topological polar surface area (TPSA) is 125 Å². The largest absolute Gasteiger partial charge is 0.872 e. The van der Waals surface area contributed by atoms with E-state index in [1.807, 2.05) is 20.8 Å². The van der Waals surface area contributed by atoms with Crippen molar-refractivity contribution < 1.29 is 29.0 Å². The van der Waals surface area contributed by atoms with Gasteiger partial charge in [-0.25, -0.2) is 4.79 Å². The lowest BCUT2D eigenvalue weighted by atomic mass is 9.61. The minimum atomic E-state index is -1.16. The maximum absolute atomic E-state index is 12.9. The van der Waals surface area contributed by atoms with E-state index in [-0.39, 0.29) is 52.5 Å². The maximum Gasteiger partial charge on any atom is 0.336 e. The van der Waals surface area contributed by atoms with Crippen molar-refractivity contribution in [2.75, 3.05) is 0 Å². The number of fused-ring (bicyclic) bond motifs is 2. The van der Waals surface area contributed by atoms with Crippen molar-refractivity contribution in [2.24, 2.45) is 22.7 Å². The molecule has 274 valence electrons. The third-order valence-corrected chi connectivity index (χ3v) is 10.0. The summed E-state index contributed by atoms with van der Waals surface area (Å²) in [5.41, 5.74) is 6.62. The Morgan fingerprint density at radius 3 is 2.06 bits per heavy atom.